The normalized spacial score (nSPS) is 17.5. The molecule has 1 fully saturated rings. The van der Waals surface area contributed by atoms with Gasteiger partial charge in [0, 0.05) is 6.42 Å². The molecule has 1 saturated heterocycles. The molecule has 1 heterocycles. The van der Waals surface area contributed by atoms with Gasteiger partial charge in [-0.2, -0.15) is 0 Å². The SMILES string of the molecule is CCCCC#CC[N+]1(C)CCN(C(=O)OCC)CC1. The van der Waals surface area contributed by atoms with Crippen molar-refractivity contribution in [1.82, 2.24) is 4.90 Å². The van der Waals surface area contributed by atoms with Gasteiger partial charge in [-0.05, 0) is 19.3 Å². The van der Waals surface area contributed by atoms with Crippen molar-refractivity contribution in [1.29, 1.82) is 0 Å². The summed E-state index contributed by atoms with van der Waals surface area (Å²) in [5.41, 5.74) is 0. The second kappa shape index (κ2) is 8.06. The van der Waals surface area contributed by atoms with Crippen molar-refractivity contribution in [2.45, 2.75) is 33.1 Å². The Kier molecular flexibility index (Phi) is 6.72. The van der Waals surface area contributed by atoms with Crippen molar-refractivity contribution in [2.75, 3.05) is 46.4 Å². The van der Waals surface area contributed by atoms with Crippen molar-refractivity contribution < 1.29 is 14.0 Å². The molecule has 1 amide bonds. The maximum atomic E-state index is 11.6. The summed E-state index contributed by atoms with van der Waals surface area (Å²) in [5, 5.41) is 0. The number of rotatable bonds is 4. The van der Waals surface area contributed by atoms with Gasteiger partial charge in [-0.3, -0.25) is 4.90 Å². The number of likely N-dealkylation sites (N-methyl/N-ethyl adjacent to an activating group) is 1. The van der Waals surface area contributed by atoms with Gasteiger partial charge >= 0.3 is 6.09 Å². The molecule has 0 saturated carbocycles. The van der Waals surface area contributed by atoms with E-state index < -0.39 is 0 Å². The fourth-order valence-electron chi connectivity index (χ4n) is 2.10. The molecule has 0 aromatic rings. The van der Waals surface area contributed by atoms with Crippen LogP contribution in [0, 0.1) is 11.8 Å². The van der Waals surface area contributed by atoms with E-state index in [4.69, 9.17) is 4.74 Å². The predicted molar refractivity (Wildman–Crippen MR) is 76.7 cm³/mol. The summed E-state index contributed by atoms with van der Waals surface area (Å²) < 4.78 is 5.97. The van der Waals surface area contributed by atoms with E-state index in [1.807, 2.05) is 6.92 Å². The lowest BCUT2D eigenvalue weighted by Crippen LogP contribution is -2.58. The van der Waals surface area contributed by atoms with E-state index in [-0.39, 0.29) is 6.09 Å². The molecule has 19 heavy (non-hydrogen) atoms. The average Bonchev–Trinajstić information content (AvgIpc) is 2.39. The predicted octanol–water partition coefficient (Wildman–Crippen LogP) is 2.10. The van der Waals surface area contributed by atoms with Gasteiger partial charge in [0.25, 0.3) is 0 Å². The summed E-state index contributed by atoms with van der Waals surface area (Å²) in [6.07, 6.45) is 3.22. The average molecular weight is 267 g/mol. The number of hydrogen-bond acceptors (Lipinski definition) is 2. The lowest BCUT2D eigenvalue weighted by molar-refractivity contribution is -0.906. The fraction of sp³-hybridized carbons (Fsp3) is 0.800. The molecule has 108 valence electrons. The van der Waals surface area contributed by atoms with Gasteiger partial charge in [-0.1, -0.05) is 19.3 Å². The Morgan fingerprint density at radius 2 is 1.95 bits per heavy atom. The van der Waals surface area contributed by atoms with E-state index in [0.717, 1.165) is 43.6 Å². The number of carbonyl (C=O) groups is 1. The Labute approximate surface area is 117 Å². The first-order chi connectivity index (χ1) is 9.11. The first kappa shape index (κ1) is 15.8. The van der Waals surface area contributed by atoms with E-state index in [1.54, 1.807) is 4.90 Å². The monoisotopic (exact) mass is 267 g/mol. The summed E-state index contributed by atoms with van der Waals surface area (Å²) in [5.74, 6) is 6.53. The van der Waals surface area contributed by atoms with Crippen LogP contribution in [0.3, 0.4) is 0 Å². The second-order valence-corrected chi connectivity index (χ2v) is 5.37. The molecule has 0 unspecified atom stereocenters. The van der Waals surface area contributed by atoms with Crippen LogP contribution in [0.25, 0.3) is 0 Å². The Morgan fingerprint density at radius 3 is 2.53 bits per heavy atom. The number of carbonyl (C=O) groups excluding carboxylic acids is 1. The number of unbranched alkanes of at least 4 members (excludes halogenated alkanes) is 2. The van der Waals surface area contributed by atoms with Crippen LogP contribution in [-0.4, -0.2) is 61.9 Å². The highest BCUT2D eigenvalue weighted by atomic mass is 16.6. The van der Waals surface area contributed by atoms with Crippen LogP contribution in [0.1, 0.15) is 33.1 Å². The van der Waals surface area contributed by atoms with E-state index in [0.29, 0.717) is 6.61 Å². The van der Waals surface area contributed by atoms with Gasteiger partial charge in [-0.25, -0.2) is 4.79 Å². The third-order valence-electron chi connectivity index (χ3n) is 3.59. The number of hydrogen-bond donors (Lipinski definition) is 0. The molecular formula is C15H27N2O2+. The van der Waals surface area contributed by atoms with Crippen LogP contribution in [-0.2, 0) is 4.74 Å². The van der Waals surface area contributed by atoms with Crippen LogP contribution in [0.5, 0.6) is 0 Å². The van der Waals surface area contributed by atoms with Crippen molar-refractivity contribution in [3.63, 3.8) is 0 Å². The lowest BCUT2D eigenvalue weighted by atomic mass is 10.2. The topological polar surface area (TPSA) is 29.5 Å². The molecule has 0 bridgehead atoms. The van der Waals surface area contributed by atoms with E-state index in [2.05, 4.69) is 25.8 Å². The van der Waals surface area contributed by atoms with Gasteiger partial charge < -0.3 is 9.22 Å². The molecule has 1 aliphatic rings. The summed E-state index contributed by atoms with van der Waals surface area (Å²) >= 11 is 0. The van der Waals surface area contributed by atoms with Gasteiger partial charge in [0.2, 0.25) is 0 Å². The van der Waals surface area contributed by atoms with Crippen molar-refractivity contribution >= 4 is 6.09 Å². The highest BCUT2D eigenvalue weighted by molar-refractivity contribution is 5.67. The Balaban J connectivity index is 2.33. The molecular weight excluding hydrogens is 240 g/mol. The minimum absolute atomic E-state index is 0.178. The molecule has 0 N–H and O–H groups in total. The second-order valence-electron chi connectivity index (χ2n) is 5.37. The zero-order valence-electron chi connectivity index (χ0n) is 12.6. The molecule has 0 atom stereocenters. The van der Waals surface area contributed by atoms with Gasteiger partial charge in [0.1, 0.15) is 6.54 Å². The van der Waals surface area contributed by atoms with Gasteiger partial charge in [-0.15, -0.1) is 0 Å². The van der Waals surface area contributed by atoms with Crippen molar-refractivity contribution in [3.05, 3.63) is 0 Å². The van der Waals surface area contributed by atoms with Crippen LogP contribution < -0.4 is 0 Å². The molecule has 0 aromatic heterocycles. The fourth-order valence-corrected chi connectivity index (χ4v) is 2.10. The molecule has 1 rings (SSSR count). The van der Waals surface area contributed by atoms with Gasteiger partial charge in [0.15, 0.2) is 0 Å². The maximum absolute atomic E-state index is 11.6. The number of nitrogens with zero attached hydrogens (tertiary/aromatic N) is 2. The molecule has 1 aliphatic heterocycles. The Bertz CT molecular complexity index is 336. The smallest absolute Gasteiger partial charge is 0.410 e. The zero-order chi connectivity index (χ0) is 14.1. The minimum atomic E-state index is -0.178. The number of quaternary nitrogens is 1. The molecule has 0 aliphatic carbocycles. The molecule has 4 nitrogen and oxygen atoms in total. The van der Waals surface area contributed by atoms with Crippen molar-refractivity contribution in [3.8, 4) is 11.8 Å². The number of amides is 1. The quantitative estimate of drug-likeness (QED) is 0.443. The Hall–Kier alpha value is -1.21. The molecule has 0 radical (unpaired) electrons. The Morgan fingerprint density at radius 1 is 1.26 bits per heavy atom. The maximum Gasteiger partial charge on any atom is 0.410 e. The summed E-state index contributed by atoms with van der Waals surface area (Å²) in [7, 11) is 2.22. The highest BCUT2D eigenvalue weighted by Gasteiger charge is 2.30. The third kappa shape index (κ3) is 5.52. The minimum Gasteiger partial charge on any atom is -0.450 e. The first-order valence-corrected chi connectivity index (χ1v) is 7.32. The van der Waals surface area contributed by atoms with Crippen LogP contribution >= 0.6 is 0 Å². The van der Waals surface area contributed by atoms with Crippen molar-refractivity contribution in [2.24, 2.45) is 0 Å². The summed E-state index contributed by atoms with van der Waals surface area (Å²) in [4.78, 5) is 13.4. The lowest BCUT2D eigenvalue weighted by Gasteiger charge is -2.40. The number of piperazine rings is 1. The van der Waals surface area contributed by atoms with Crippen LogP contribution in [0.15, 0.2) is 0 Å². The zero-order valence-corrected chi connectivity index (χ0v) is 12.6. The van der Waals surface area contributed by atoms with Crippen LogP contribution in [0.4, 0.5) is 4.79 Å². The van der Waals surface area contributed by atoms with E-state index in [9.17, 15) is 4.79 Å². The first-order valence-electron chi connectivity index (χ1n) is 7.32. The van der Waals surface area contributed by atoms with E-state index >= 15 is 0 Å². The molecule has 4 heteroatoms. The summed E-state index contributed by atoms with van der Waals surface area (Å²) in [6.45, 7) is 8.82. The van der Waals surface area contributed by atoms with Crippen LogP contribution in [0.2, 0.25) is 0 Å². The number of ether oxygens (including phenoxy) is 1. The largest absolute Gasteiger partial charge is 0.450 e. The van der Waals surface area contributed by atoms with E-state index in [1.165, 1.54) is 12.8 Å². The molecule has 0 spiro atoms. The third-order valence-corrected chi connectivity index (χ3v) is 3.59. The molecule has 0 aromatic carbocycles. The standard InChI is InChI=1S/C15H27N2O2/c1-4-6-7-8-9-12-17(3)13-10-16(11-14-17)15(18)19-5-2/h4-7,10-14H2,1-3H3/q+1. The highest BCUT2D eigenvalue weighted by Crippen LogP contribution is 2.10. The van der Waals surface area contributed by atoms with Gasteiger partial charge in [0.05, 0.1) is 39.8 Å². The summed E-state index contributed by atoms with van der Waals surface area (Å²) in [6, 6.07) is 0.